The van der Waals surface area contributed by atoms with Gasteiger partial charge in [0.25, 0.3) is 0 Å². The Bertz CT molecular complexity index is 614. The van der Waals surface area contributed by atoms with Crippen LogP contribution in [0.1, 0.15) is 24.1 Å². The minimum Gasteiger partial charge on any atom is -0.497 e. The van der Waals surface area contributed by atoms with Crippen LogP contribution in [0.15, 0.2) is 36.4 Å². The summed E-state index contributed by atoms with van der Waals surface area (Å²) < 4.78 is 5.15. The fourth-order valence-electron chi connectivity index (χ4n) is 2.00. The third-order valence-electron chi connectivity index (χ3n) is 3.34. The van der Waals surface area contributed by atoms with Crippen LogP contribution in [0, 0.1) is 0 Å². The van der Waals surface area contributed by atoms with Crippen LogP contribution in [0.3, 0.4) is 0 Å². The Labute approximate surface area is 140 Å². The highest BCUT2D eigenvalue weighted by molar-refractivity contribution is 6.44. The van der Waals surface area contributed by atoms with Crippen molar-refractivity contribution in [3.8, 4) is 5.75 Å². The van der Waals surface area contributed by atoms with Gasteiger partial charge in [0.05, 0.1) is 17.2 Å². The number of hydrogen-bond donors (Lipinski definition) is 1. The number of hydrogen-bond acceptors (Lipinski definition) is 2. The first-order valence-corrected chi connectivity index (χ1v) is 7.66. The van der Waals surface area contributed by atoms with Crippen molar-refractivity contribution in [3.05, 3.63) is 62.6 Å². The van der Waals surface area contributed by atoms with E-state index in [4.69, 9.17) is 39.5 Å². The quantitative estimate of drug-likeness (QED) is 0.722. The average Bonchev–Trinajstić information content (AvgIpc) is 2.51. The Balaban J connectivity index is 2.07. The van der Waals surface area contributed by atoms with Gasteiger partial charge in [0.15, 0.2) is 0 Å². The van der Waals surface area contributed by atoms with E-state index in [0.717, 1.165) is 16.9 Å². The standard InChI is InChI=1S/C16H16Cl3NO/c1-10(11-3-5-12(21-2)6-4-11)20-9-13-14(17)7-8-15(18)16(13)19/h3-8,10,20H,9H2,1-2H3/t10-/m1/s1. The van der Waals surface area contributed by atoms with Gasteiger partial charge in [-0.15, -0.1) is 0 Å². The Kier molecular flexibility index (Phi) is 5.77. The minimum atomic E-state index is 0.155. The van der Waals surface area contributed by atoms with E-state index in [-0.39, 0.29) is 6.04 Å². The van der Waals surface area contributed by atoms with Crippen molar-refractivity contribution in [1.29, 1.82) is 0 Å². The lowest BCUT2D eigenvalue weighted by molar-refractivity contribution is 0.414. The molecule has 0 radical (unpaired) electrons. The Hall–Kier alpha value is -0.930. The molecule has 1 N–H and O–H groups in total. The predicted octanol–water partition coefficient (Wildman–Crippen LogP) is 5.51. The van der Waals surface area contributed by atoms with Crippen molar-refractivity contribution in [3.63, 3.8) is 0 Å². The maximum Gasteiger partial charge on any atom is 0.118 e. The lowest BCUT2D eigenvalue weighted by Gasteiger charge is -2.16. The highest BCUT2D eigenvalue weighted by atomic mass is 35.5. The third-order valence-corrected chi connectivity index (χ3v) is 4.54. The van der Waals surface area contributed by atoms with Crippen molar-refractivity contribution in [1.82, 2.24) is 5.32 Å². The lowest BCUT2D eigenvalue weighted by Crippen LogP contribution is -2.18. The SMILES string of the molecule is COc1ccc([C@@H](C)NCc2c(Cl)ccc(Cl)c2Cl)cc1. The molecule has 2 rings (SSSR count). The number of ether oxygens (including phenoxy) is 1. The van der Waals surface area contributed by atoms with Gasteiger partial charge in [-0.2, -0.15) is 0 Å². The molecule has 2 nitrogen and oxygen atoms in total. The molecule has 1 atom stereocenters. The van der Waals surface area contributed by atoms with E-state index in [1.165, 1.54) is 0 Å². The van der Waals surface area contributed by atoms with Crippen LogP contribution < -0.4 is 10.1 Å². The van der Waals surface area contributed by atoms with Crippen LogP contribution in [0.2, 0.25) is 15.1 Å². The summed E-state index contributed by atoms with van der Waals surface area (Å²) in [7, 11) is 1.65. The van der Waals surface area contributed by atoms with Gasteiger partial charge in [0, 0.05) is 23.2 Å². The molecule has 0 bridgehead atoms. The van der Waals surface area contributed by atoms with Crippen LogP contribution in [0.4, 0.5) is 0 Å². The fourth-order valence-corrected chi connectivity index (χ4v) is 2.68. The molecular formula is C16H16Cl3NO. The second kappa shape index (κ2) is 7.37. The van der Waals surface area contributed by atoms with E-state index in [1.807, 2.05) is 24.3 Å². The third kappa shape index (κ3) is 4.04. The van der Waals surface area contributed by atoms with Crippen molar-refractivity contribution < 1.29 is 4.74 Å². The van der Waals surface area contributed by atoms with Gasteiger partial charge in [-0.25, -0.2) is 0 Å². The van der Waals surface area contributed by atoms with Crippen molar-refractivity contribution in [2.75, 3.05) is 7.11 Å². The molecule has 2 aromatic carbocycles. The summed E-state index contributed by atoms with van der Waals surface area (Å²) in [4.78, 5) is 0. The van der Waals surface area contributed by atoms with Crippen LogP contribution in [0.5, 0.6) is 5.75 Å². The molecule has 112 valence electrons. The van der Waals surface area contributed by atoms with Gasteiger partial charge in [0.1, 0.15) is 5.75 Å². The summed E-state index contributed by atoms with van der Waals surface area (Å²) in [5.41, 5.74) is 1.97. The zero-order valence-electron chi connectivity index (χ0n) is 11.8. The van der Waals surface area contributed by atoms with Crippen LogP contribution in [0.25, 0.3) is 0 Å². The van der Waals surface area contributed by atoms with E-state index in [2.05, 4.69) is 12.2 Å². The Morgan fingerprint density at radius 3 is 2.24 bits per heavy atom. The first-order valence-electron chi connectivity index (χ1n) is 6.52. The maximum atomic E-state index is 6.19. The van der Waals surface area contributed by atoms with Gasteiger partial charge < -0.3 is 10.1 Å². The van der Waals surface area contributed by atoms with Gasteiger partial charge in [-0.05, 0) is 36.8 Å². The van der Waals surface area contributed by atoms with Crippen molar-refractivity contribution >= 4 is 34.8 Å². The second-order valence-electron chi connectivity index (χ2n) is 4.70. The molecule has 0 aromatic heterocycles. The first kappa shape index (κ1) is 16.4. The topological polar surface area (TPSA) is 21.3 Å². The molecule has 2 aromatic rings. The summed E-state index contributed by atoms with van der Waals surface area (Å²) in [6, 6.07) is 11.5. The molecule has 0 heterocycles. The normalized spacial score (nSPS) is 12.2. The lowest BCUT2D eigenvalue weighted by atomic mass is 10.1. The van der Waals surface area contributed by atoms with E-state index in [9.17, 15) is 0 Å². The first-order chi connectivity index (χ1) is 10.0. The van der Waals surface area contributed by atoms with Crippen molar-refractivity contribution in [2.24, 2.45) is 0 Å². The molecule has 5 heteroatoms. The number of rotatable bonds is 5. The molecule has 0 spiro atoms. The summed E-state index contributed by atoms with van der Waals surface area (Å²) >= 11 is 18.4. The molecule has 0 aliphatic rings. The zero-order chi connectivity index (χ0) is 15.4. The molecule has 0 saturated heterocycles. The average molecular weight is 345 g/mol. The summed E-state index contributed by atoms with van der Waals surface area (Å²) in [5, 5.41) is 5.01. The highest BCUT2D eigenvalue weighted by Crippen LogP contribution is 2.31. The molecule has 0 saturated carbocycles. The van der Waals surface area contributed by atoms with Crippen LogP contribution in [-0.4, -0.2) is 7.11 Å². The van der Waals surface area contributed by atoms with E-state index >= 15 is 0 Å². The number of halogens is 3. The van der Waals surface area contributed by atoms with Crippen molar-refractivity contribution in [2.45, 2.75) is 19.5 Å². The Morgan fingerprint density at radius 1 is 1.00 bits per heavy atom. The number of nitrogens with one attached hydrogen (secondary N) is 1. The number of methoxy groups -OCH3 is 1. The monoisotopic (exact) mass is 343 g/mol. The molecule has 0 aliphatic carbocycles. The Morgan fingerprint density at radius 2 is 1.62 bits per heavy atom. The van der Waals surface area contributed by atoms with Gasteiger partial charge in [-0.3, -0.25) is 0 Å². The predicted molar refractivity (Wildman–Crippen MR) is 89.7 cm³/mol. The molecular weight excluding hydrogens is 329 g/mol. The summed E-state index contributed by atoms with van der Waals surface area (Å²) in [6.07, 6.45) is 0. The molecule has 0 amide bonds. The largest absolute Gasteiger partial charge is 0.497 e. The highest BCUT2D eigenvalue weighted by Gasteiger charge is 2.11. The molecule has 0 fully saturated rings. The summed E-state index contributed by atoms with van der Waals surface area (Å²) in [6.45, 7) is 2.62. The number of benzene rings is 2. The smallest absolute Gasteiger partial charge is 0.118 e. The fraction of sp³-hybridized carbons (Fsp3) is 0.250. The summed E-state index contributed by atoms with van der Waals surface area (Å²) in [5.74, 6) is 0.840. The van der Waals surface area contributed by atoms with Crippen LogP contribution in [-0.2, 0) is 6.54 Å². The molecule has 0 aliphatic heterocycles. The molecule has 0 unspecified atom stereocenters. The van der Waals surface area contributed by atoms with Crippen LogP contribution >= 0.6 is 34.8 Å². The van der Waals surface area contributed by atoms with E-state index < -0.39 is 0 Å². The van der Waals surface area contributed by atoms with Gasteiger partial charge in [0.2, 0.25) is 0 Å². The molecule has 21 heavy (non-hydrogen) atoms. The minimum absolute atomic E-state index is 0.155. The maximum absolute atomic E-state index is 6.19. The second-order valence-corrected chi connectivity index (χ2v) is 5.89. The van der Waals surface area contributed by atoms with Gasteiger partial charge >= 0.3 is 0 Å². The van der Waals surface area contributed by atoms with E-state index in [0.29, 0.717) is 21.6 Å². The van der Waals surface area contributed by atoms with Gasteiger partial charge in [-0.1, -0.05) is 46.9 Å². The zero-order valence-corrected chi connectivity index (χ0v) is 14.1. The van der Waals surface area contributed by atoms with E-state index in [1.54, 1.807) is 19.2 Å².